The summed E-state index contributed by atoms with van der Waals surface area (Å²) in [5.41, 5.74) is 6.59. The highest BCUT2D eigenvalue weighted by atomic mass is 79.9. The zero-order valence-corrected chi connectivity index (χ0v) is 12.1. The van der Waals surface area contributed by atoms with E-state index in [-0.39, 0.29) is 24.4 Å². The van der Waals surface area contributed by atoms with Crippen LogP contribution >= 0.6 is 15.9 Å². The lowest BCUT2D eigenvalue weighted by molar-refractivity contribution is -0.116. The molecule has 2 aromatic rings. The van der Waals surface area contributed by atoms with E-state index in [0.717, 1.165) is 0 Å². The molecule has 2 rings (SSSR count). The van der Waals surface area contributed by atoms with Gasteiger partial charge < -0.3 is 11.1 Å². The Hall–Kier alpha value is -2.15. The first-order valence-electron chi connectivity index (χ1n) is 5.92. The quantitative estimate of drug-likeness (QED) is 0.830. The van der Waals surface area contributed by atoms with Crippen molar-refractivity contribution in [3.8, 4) is 0 Å². The van der Waals surface area contributed by atoms with Crippen LogP contribution in [0.3, 0.4) is 0 Å². The van der Waals surface area contributed by atoms with Crippen LogP contribution in [0.25, 0.3) is 0 Å². The van der Waals surface area contributed by atoms with Gasteiger partial charge in [-0.1, -0.05) is 12.1 Å². The second-order valence-electron chi connectivity index (χ2n) is 4.13. The number of nitrogen functional groups attached to an aromatic ring is 1. The fraction of sp³-hybridized carbons (Fsp3) is 0.154. The third kappa shape index (κ3) is 3.45. The molecule has 0 aliphatic rings. The number of nitrogens with zero attached hydrogens (tertiary/aromatic N) is 2. The Morgan fingerprint density at radius 3 is 2.90 bits per heavy atom. The lowest BCUT2D eigenvalue weighted by Crippen LogP contribution is -2.23. The van der Waals surface area contributed by atoms with Crippen molar-refractivity contribution in [2.24, 2.45) is 0 Å². The van der Waals surface area contributed by atoms with E-state index in [4.69, 9.17) is 5.73 Å². The molecule has 0 spiro atoms. The van der Waals surface area contributed by atoms with Crippen molar-refractivity contribution in [2.45, 2.75) is 13.0 Å². The number of carbonyl (C=O) groups is 1. The second-order valence-corrected chi connectivity index (χ2v) is 4.98. The van der Waals surface area contributed by atoms with Gasteiger partial charge in [-0.25, -0.2) is 4.98 Å². The number of nitrogens with two attached hydrogens (primary N) is 1. The number of aryl methyl sites for hydroxylation is 1. The second kappa shape index (κ2) is 6.33. The predicted octanol–water partition coefficient (Wildman–Crippen LogP) is 1.62. The number of hydrogen-bond acceptors (Lipinski definition) is 4. The molecule has 104 valence electrons. The van der Waals surface area contributed by atoms with E-state index in [1.54, 1.807) is 24.3 Å². The van der Waals surface area contributed by atoms with Crippen molar-refractivity contribution in [2.75, 3.05) is 11.1 Å². The summed E-state index contributed by atoms with van der Waals surface area (Å²) >= 11 is 3.10. The summed E-state index contributed by atoms with van der Waals surface area (Å²) in [6.07, 6.45) is 2.98. The minimum Gasteiger partial charge on any atom is -0.397 e. The minimum atomic E-state index is -0.216. The van der Waals surface area contributed by atoms with Gasteiger partial charge in [-0.05, 0) is 28.1 Å². The zero-order chi connectivity index (χ0) is 14.5. The Morgan fingerprint density at radius 1 is 1.40 bits per heavy atom. The molecule has 20 heavy (non-hydrogen) atoms. The molecule has 3 N–H and O–H groups in total. The number of anilines is 2. The van der Waals surface area contributed by atoms with E-state index in [1.807, 2.05) is 0 Å². The smallest absolute Gasteiger partial charge is 0.267 e. The third-order valence-corrected chi connectivity index (χ3v) is 3.22. The van der Waals surface area contributed by atoms with Gasteiger partial charge in [0.1, 0.15) is 4.47 Å². The predicted molar refractivity (Wildman–Crippen MR) is 80.3 cm³/mol. The van der Waals surface area contributed by atoms with Gasteiger partial charge in [-0.2, -0.15) is 0 Å². The molecule has 7 heteroatoms. The van der Waals surface area contributed by atoms with Crippen LogP contribution in [-0.4, -0.2) is 15.5 Å². The molecule has 0 unspecified atom stereocenters. The molecule has 0 atom stereocenters. The molecular formula is C13H13BrN4O2. The van der Waals surface area contributed by atoms with Crippen molar-refractivity contribution in [1.82, 2.24) is 9.55 Å². The first-order chi connectivity index (χ1) is 9.58. The first kappa shape index (κ1) is 14.3. The normalized spacial score (nSPS) is 10.2. The third-order valence-electron chi connectivity index (χ3n) is 2.67. The number of benzene rings is 1. The van der Waals surface area contributed by atoms with Gasteiger partial charge in [0.2, 0.25) is 5.91 Å². The fourth-order valence-corrected chi connectivity index (χ4v) is 1.97. The molecule has 1 aromatic heterocycles. The fourth-order valence-electron chi connectivity index (χ4n) is 1.63. The summed E-state index contributed by atoms with van der Waals surface area (Å²) < 4.78 is 1.74. The van der Waals surface area contributed by atoms with Crippen molar-refractivity contribution >= 4 is 33.2 Å². The zero-order valence-electron chi connectivity index (χ0n) is 10.5. The highest BCUT2D eigenvalue weighted by Crippen LogP contribution is 2.16. The van der Waals surface area contributed by atoms with E-state index in [2.05, 4.69) is 26.2 Å². The van der Waals surface area contributed by atoms with Gasteiger partial charge in [0.05, 0.1) is 17.7 Å². The lowest BCUT2D eigenvalue weighted by Gasteiger charge is -2.08. The molecule has 1 aromatic carbocycles. The Labute approximate surface area is 123 Å². The maximum atomic E-state index is 11.8. The van der Waals surface area contributed by atoms with Gasteiger partial charge in [0, 0.05) is 19.2 Å². The molecule has 0 aliphatic heterocycles. The molecule has 0 bridgehead atoms. The number of hydrogen-bond donors (Lipinski definition) is 2. The summed E-state index contributed by atoms with van der Waals surface area (Å²) in [5, 5.41) is 2.70. The van der Waals surface area contributed by atoms with Crippen LogP contribution in [0, 0.1) is 0 Å². The number of halogens is 1. The topological polar surface area (TPSA) is 90.0 Å². The van der Waals surface area contributed by atoms with Crippen molar-refractivity contribution in [3.05, 3.63) is 51.6 Å². The highest BCUT2D eigenvalue weighted by molar-refractivity contribution is 9.10. The van der Waals surface area contributed by atoms with Crippen LogP contribution in [0.4, 0.5) is 11.4 Å². The molecular weight excluding hydrogens is 324 g/mol. The Balaban J connectivity index is 1.98. The van der Waals surface area contributed by atoms with Crippen LogP contribution in [0.5, 0.6) is 0 Å². The average Bonchev–Trinajstić information content (AvgIpc) is 2.43. The van der Waals surface area contributed by atoms with Crippen LogP contribution in [-0.2, 0) is 11.3 Å². The van der Waals surface area contributed by atoms with E-state index >= 15 is 0 Å². The summed E-state index contributed by atoms with van der Waals surface area (Å²) in [4.78, 5) is 27.4. The monoisotopic (exact) mass is 336 g/mol. The van der Waals surface area contributed by atoms with E-state index in [0.29, 0.717) is 15.8 Å². The standard InChI is InChI=1S/C13H13BrN4O2/c14-9-7-16-8-18(13(9)20)6-5-12(19)17-11-4-2-1-3-10(11)15/h1-4,7-8H,5-6,15H2,(H,17,19). The van der Waals surface area contributed by atoms with Gasteiger partial charge in [-0.15, -0.1) is 0 Å². The number of aromatic nitrogens is 2. The van der Waals surface area contributed by atoms with Gasteiger partial charge in [0.15, 0.2) is 0 Å². The van der Waals surface area contributed by atoms with Crippen molar-refractivity contribution < 1.29 is 4.79 Å². The molecule has 0 saturated carbocycles. The Kier molecular flexibility index (Phi) is 4.52. The number of rotatable bonds is 4. The van der Waals surface area contributed by atoms with Crippen molar-refractivity contribution in [3.63, 3.8) is 0 Å². The summed E-state index contributed by atoms with van der Waals surface area (Å²) in [6, 6.07) is 7.00. The van der Waals surface area contributed by atoms with E-state index in [9.17, 15) is 9.59 Å². The highest BCUT2D eigenvalue weighted by Gasteiger charge is 2.07. The van der Waals surface area contributed by atoms with Crippen LogP contribution in [0.2, 0.25) is 0 Å². The lowest BCUT2D eigenvalue weighted by atomic mass is 10.2. The summed E-state index contributed by atoms with van der Waals surface area (Å²) in [6.45, 7) is 0.254. The van der Waals surface area contributed by atoms with Crippen LogP contribution in [0.15, 0.2) is 46.1 Å². The number of nitrogens with one attached hydrogen (secondary N) is 1. The maximum Gasteiger partial charge on any atom is 0.267 e. The van der Waals surface area contributed by atoms with Crippen LogP contribution < -0.4 is 16.6 Å². The van der Waals surface area contributed by atoms with Gasteiger partial charge in [-0.3, -0.25) is 14.2 Å². The molecule has 0 fully saturated rings. The molecule has 6 nitrogen and oxygen atoms in total. The number of carbonyl (C=O) groups excluding carboxylic acids is 1. The summed E-state index contributed by atoms with van der Waals surface area (Å²) in [5.74, 6) is -0.213. The number of para-hydroxylation sites is 2. The van der Waals surface area contributed by atoms with Crippen molar-refractivity contribution in [1.29, 1.82) is 0 Å². The Bertz CT molecular complexity index is 684. The number of amides is 1. The van der Waals surface area contributed by atoms with Gasteiger partial charge in [0.25, 0.3) is 5.56 Å². The molecule has 0 aliphatic carbocycles. The maximum absolute atomic E-state index is 11.8. The molecule has 1 heterocycles. The Morgan fingerprint density at radius 2 is 2.15 bits per heavy atom. The SMILES string of the molecule is Nc1ccccc1NC(=O)CCn1cncc(Br)c1=O. The molecule has 1 amide bonds. The van der Waals surface area contributed by atoms with E-state index in [1.165, 1.54) is 17.1 Å². The van der Waals surface area contributed by atoms with Crippen LogP contribution in [0.1, 0.15) is 6.42 Å². The average molecular weight is 337 g/mol. The summed E-state index contributed by atoms with van der Waals surface area (Å²) in [7, 11) is 0. The molecule has 0 radical (unpaired) electrons. The van der Waals surface area contributed by atoms with E-state index < -0.39 is 0 Å². The first-order valence-corrected chi connectivity index (χ1v) is 6.71. The minimum absolute atomic E-state index is 0.159. The molecule has 0 saturated heterocycles. The van der Waals surface area contributed by atoms with Gasteiger partial charge >= 0.3 is 0 Å². The largest absolute Gasteiger partial charge is 0.397 e.